The number of benzene rings is 2. The molecule has 3 rings (SSSR count). The van der Waals surface area contributed by atoms with Gasteiger partial charge in [0.1, 0.15) is 0 Å². The van der Waals surface area contributed by atoms with Crippen molar-refractivity contribution in [1.29, 1.82) is 0 Å². The van der Waals surface area contributed by atoms with Crippen LogP contribution in [0.4, 0.5) is 4.79 Å². The second kappa shape index (κ2) is 13.6. The van der Waals surface area contributed by atoms with Crippen molar-refractivity contribution >= 4 is 18.0 Å². The highest BCUT2D eigenvalue weighted by atomic mass is 32.2. The normalized spacial score (nSPS) is 16.0. The van der Waals surface area contributed by atoms with Crippen LogP contribution in [0.15, 0.2) is 65.6 Å². The van der Waals surface area contributed by atoms with E-state index in [2.05, 4.69) is 76.9 Å². The quantitative estimate of drug-likeness (QED) is 0.392. The molecule has 0 spiro atoms. The lowest BCUT2D eigenvalue weighted by atomic mass is 9.94. The van der Waals surface area contributed by atoms with Crippen LogP contribution in [-0.4, -0.2) is 72.6 Å². The molecule has 1 unspecified atom stereocenters. The van der Waals surface area contributed by atoms with Gasteiger partial charge in [0.25, 0.3) is 0 Å². The summed E-state index contributed by atoms with van der Waals surface area (Å²) in [5, 5.41) is 0. The summed E-state index contributed by atoms with van der Waals surface area (Å²) in [5.41, 5.74) is 1.41. The Balaban J connectivity index is 1.53. The highest BCUT2D eigenvalue weighted by Gasteiger charge is 2.28. The first kappa shape index (κ1) is 25.6. The van der Waals surface area contributed by atoms with Crippen LogP contribution in [0, 0.1) is 0 Å². The lowest BCUT2D eigenvalue weighted by Gasteiger charge is -2.38. The minimum absolute atomic E-state index is 0.165. The molecule has 1 aliphatic heterocycles. The van der Waals surface area contributed by atoms with Crippen molar-refractivity contribution in [3.63, 3.8) is 0 Å². The fourth-order valence-corrected chi connectivity index (χ4v) is 5.53. The topological polar surface area (TPSA) is 36.0 Å². The van der Waals surface area contributed by atoms with E-state index in [0.717, 1.165) is 45.4 Å². The number of carbonyl (C=O) groups is 1. The van der Waals surface area contributed by atoms with Crippen LogP contribution in [0.1, 0.15) is 44.6 Å². The predicted octanol–water partition coefficient (Wildman–Crippen LogP) is 5.74. The van der Waals surface area contributed by atoms with Crippen LogP contribution >= 0.6 is 11.9 Å². The van der Waals surface area contributed by atoms with Crippen LogP contribution in [0.5, 0.6) is 0 Å². The number of hydrogen-bond donors (Lipinski definition) is 0. The molecule has 1 heterocycles. The standard InChI is InChI=1S/C27H39N3O2S/c1-4-30(27(31)32-5-2)25-17-20-29(21-18-25)19-16-24(23-12-8-6-9-13-23)22-28(3)33-26-14-10-7-11-15-26/h6-15,24-25H,4-5,16-22H2,1-3H3. The molecule has 0 bridgehead atoms. The lowest BCUT2D eigenvalue weighted by molar-refractivity contribution is 0.0699. The van der Waals surface area contributed by atoms with Crippen molar-refractivity contribution in [2.75, 3.05) is 46.4 Å². The summed E-state index contributed by atoms with van der Waals surface area (Å²) in [7, 11) is 2.19. The molecule has 0 aliphatic carbocycles. The smallest absolute Gasteiger partial charge is 0.409 e. The van der Waals surface area contributed by atoms with Crippen LogP contribution in [0.3, 0.4) is 0 Å². The number of likely N-dealkylation sites (tertiary alicyclic amines) is 1. The molecule has 2 aromatic carbocycles. The van der Waals surface area contributed by atoms with Crippen molar-refractivity contribution in [3.05, 3.63) is 66.2 Å². The molecule has 1 amide bonds. The van der Waals surface area contributed by atoms with E-state index >= 15 is 0 Å². The van der Waals surface area contributed by atoms with Crippen LogP contribution < -0.4 is 0 Å². The summed E-state index contributed by atoms with van der Waals surface area (Å²) < 4.78 is 7.61. The summed E-state index contributed by atoms with van der Waals surface area (Å²) in [4.78, 5) is 18.0. The van der Waals surface area contributed by atoms with E-state index in [1.807, 2.05) is 30.7 Å². The van der Waals surface area contributed by atoms with Gasteiger partial charge in [-0.2, -0.15) is 0 Å². The molecule has 0 aromatic heterocycles. The van der Waals surface area contributed by atoms with Gasteiger partial charge in [0.15, 0.2) is 0 Å². The Labute approximate surface area is 204 Å². The molecule has 0 radical (unpaired) electrons. The molecule has 5 nitrogen and oxygen atoms in total. The average Bonchev–Trinajstić information content (AvgIpc) is 2.84. The van der Waals surface area contributed by atoms with Crippen LogP contribution in [-0.2, 0) is 4.74 Å². The SMILES string of the molecule is CCOC(=O)N(CC)C1CCN(CCC(CN(C)Sc2ccccc2)c2ccccc2)CC1. The Morgan fingerprint density at radius 1 is 1.06 bits per heavy atom. The van der Waals surface area contributed by atoms with Crippen LogP contribution in [0.25, 0.3) is 0 Å². The zero-order chi connectivity index (χ0) is 23.5. The lowest BCUT2D eigenvalue weighted by Crippen LogP contribution is -2.47. The highest BCUT2D eigenvalue weighted by Crippen LogP contribution is 2.28. The Morgan fingerprint density at radius 3 is 2.30 bits per heavy atom. The summed E-state index contributed by atoms with van der Waals surface area (Å²) in [5.74, 6) is 0.483. The molecule has 33 heavy (non-hydrogen) atoms. The van der Waals surface area contributed by atoms with Gasteiger partial charge in [-0.25, -0.2) is 9.10 Å². The molecule has 0 N–H and O–H groups in total. The van der Waals surface area contributed by atoms with Gasteiger partial charge in [0, 0.05) is 37.1 Å². The van der Waals surface area contributed by atoms with Gasteiger partial charge in [0.2, 0.25) is 0 Å². The minimum atomic E-state index is -0.165. The fourth-order valence-electron chi connectivity index (χ4n) is 4.63. The van der Waals surface area contributed by atoms with Gasteiger partial charge >= 0.3 is 6.09 Å². The molecule has 1 saturated heterocycles. The van der Waals surface area contributed by atoms with Gasteiger partial charge in [-0.3, -0.25) is 0 Å². The number of nitrogens with zero attached hydrogens (tertiary/aromatic N) is 3. The molecule has 1 atom stereocenters. The molecule has 1 aliphatic rings. The zero-order valence-corrected chi connectivity index (χ0v) is 21.2. The summed E-state index contributed by atoms with van der Waals surface area (Å²) in [6, 6.07) is 21.8. The highest BCUT2D eigenvalue weighted by molar-refractivity contribution is 7.97. The summed E-state index contributed by atoms with van der Waals surface area (Å²) in [6.07, 6.45) is 3.00. The van der Waals surface area contributed by atoms with Crippen molar-refractivity contribution in [2.24, 2.45) is 0 Å². The van der Waals surface area contributed by atoms with Gasteiger partial charge in [0.05, 0.1) is 6.61 Å². The maximum Gasteiger partial charge on any atom is 0.409 e. The number of likely N-dealkylation sites (N-methyl/N-ethyl adjacent to an activating group) is 1. The molecule has 2 aromatic rings. The third-order valence-electron chi connectivity index (χ3n) is 6.39. The number of carbonyl (C=O) groups excluding carboxylic acids is 1. The molecule has 1 fully saturated rings. The van der Waals surface area contributed by atoms with E-state index < -0.39 is 0 Å². The van der Waals surface area contributed by atoms with Gasteiger partial charge < -0.3 is 14.5 Å². The second-order valence-corrected chi connectivity index (χ2v) is 9.95. The van der Waals surface area contributed by atoms with E-state index in [4.69, 9.17) is 4.74 Å². The first-order chi connectivity index (χ1) is 16.1. The number of rotatable bonds is 11. The Bertz CT molecular complexity index is 813. The number of amides is 1. The fraction of sp³-hybridized carbons (Fsp3) is 0.519. The Kier molecular flexibility index (Phi) is 10.6. The maximum atomic E-state index is 12.2. The Morgan fingerprint density at radius 2 is 1.70 bits per heavy atom. The average molecular weight is 470 g/mol. The predicted molar refractivity (Wildman–Crippen MR) is 138 cm³/mol. The van der Waals surface area contributed by atoms with E-state index in [1.54, 1.807) is 0 Å². The molecule has 6 heteroatoms. The molecular weight excluding hydrogens is 430 g/mol. The molecule has 180 valence electrons. The number of piperidine rings is 1. The zero-order valence-electron chi connectivity index (χ0n) is 20.4. The van der Waals surface area contributed by atoms with Gasteiger partial charge in [-0.1, -0.05) is 48.5 Å². The first-order valence-corrected chi connectivity index (χ1v) is 13.0. The van der Waals surface area contributed by atoms with Crippen molar-refractivity contribution in [2.45, 2.75) is 50.0 Å². The van der Waals surface area contributed by atoms with Crippen molar-refractivity contribution in [1.82, 2.24) is 14.1 Å². The van der Waals surface area contributed by atoms with Crippen LogP contribution in [0.2, 0.25) is 0 Å². The minimum Gasteiger partial charge on any atom is -0.450 e. The van der Waals surface area contributed by atoms with Gasteiger partial charge in [-0.15, -0.1) is 0 Å². The molecular formula is C27H39N3O2S. The number of hydrogen-bond acceptors (Lipinski definition) is 5. The third kappa shape index (κ3) is 8.05. The van der Waals surface area contributed by atoms with Crippen molar-refractivity contribution in [3.8, 4) is 0 Å². The van der Waals surface area contributed by atoms with E-state index in [0.29, 0.717) is 25.1 Å². The number of ether oxygens (including phenoxy) is 1. The monoisotopic (exact) mass is 469 g/mol. The summed E-state index contributed by atoms with van der Waals surface area (Å²) >= 11 is 1.81. The second-order valence-electron chi connectivity index (χ2n) is 8.67. The largest absolute Gasteiger partial charge is 0.450 e. The maximum absolute atomic E-state index is 12.2. The van der Waals surface area contributed by atoms with Crippen molar-refractivity contribution < 1.29 is 9.53 Å². The molecule has 0 saturated carbocycles. The van der Waals surface area contributed by atoms with E-state index in [9.17, 15) is 4.79 Å². The van der Waals surface area contributed by atoms with E-state index in [-0.39, 0.29) is 6.09 Å². The van der Waals surface area contributed by atoms with Gasteiger partial charge in [-0.05, 0) is 82.3 Å². The van der Waals surface area contributed by atoms with E-state index in [1.165, 1.54) is 10.5 Å². The third-order valence-corrected chi connectivity index (χ3v) is 7.33. The Hall–Kier alpha value is -2.02. The summed E-state index contributed by atoms with van der Waals surface area (Å²) in [6.45, 7) is 9.23. The first-order valence-electron chi connectivity index (χ1n) is 12.3.